The molecule has 3 heteroatoms. The van der Waals surface area contributed by atoms with Gasteiger partial charge in [0.2, 0.25) is 5.89 Å². The lowest BCUT2D eigenvalue weighted by atomic mass is 10.1. The minimum Gasteiger partial charge on any atom is -0.436 e. The van der Waals surface area contributed by atoms with Crippen LogP contribution in [0.25, 0.3) is 22.8 Å². The highest BCUT2D eigenvalue weighted by Crippen LogP contribution is 2.26. The second-order valence-corrected chi connectivity index (χ2v) is 4.79. The Labute approximate surface area is 120 Å². The van der Waals surface area contributed by atoms with Crippen LogP contribution < -0.4 is 0 Å². The van der Waals surface area contributed by atoms with Gasteiger partial charge in [-0.25, -0.2) is 4.98 Å². The largest absolute Gasteiger partial charge is 0.436 e. The lowest BCUT2D eigenvalue weighted by Crippen LogP contribution is -1.78. The molecule has 2 aromatic carbocycles. The van der Waals surface area contributed by atoms with E-state index >= 15 is 0 Å². The summed E-state index contributed by atoms with van der Waals surface area (Å²) in [5.41, 5.74) is 3.27. The molecule has 3 rings (SSSR count). The Kier molecular flexibility index (Phi) is 3.47. The molecule has 0 N–H and O–H groups in total. The number of aromatic nitrogens is 1. The highest BCUT2D eigenvalue weighted by Gasteiger charge is 2.07. The number of benzene rings is 2. The van der Waals surface area contributed by atoms with Crippen molar-refractivity contribution in [2.75, 3.05) is 0 Å². The highest BCUT2D eigenvalue weighted by atomic mass is 79.9. The maximum Gasteiger partial charge on any atom is 0.226 e. The summed E-state index contributed by atoms with van der Waals surface area (Å²) in [6.45, 7) is 0. The molecule has 0 radical (unpaired) electrons. The number of halogens is 1. The molecule has 94 valence electrons. The van der Waals surface area contributed by atoms with E-state index in [2.05, 4.69) is 33.0 Å². The van der Waals surface area contributed by atoms with Crippen molar-refractivity contribution in [2.45, 2.75) is 5.33 Å². The van der Waals surface area contributed by atoms with Crippen LogP contribution in [-0.2, 0) is 5.33 Å². The average molecular weight is 314 g/mol. The van der Waals surface area contributed by atoms with Crippen molar-refractivity contribution < 1.29 is 4.42 Å². The molecular formula is C16H12BrNO. The third kappa shape index (κ3) is 2.61. The van der Waals surface area contributed by atoms with E-state index in [1.807, 2.05) is 42.5 Å². The number of hydrogen-bond donors (Lipinski definition) is 0. The monoisotopic (exact) mass is 313 g/mol. The fraction of sp³-hybridized carbons (Fsp3) is 0.0625. The summed E-state index contributed by atoms with van der Waals surface area (Å²) in [5.74, 6) is 1.44. The molecule has 0 unspecified atom stereocenters. The van der Waals surface area contributed by atoms with Crippen LogP contribution >= 0.6 is 15.9 Å². The van der Waals surface area contributed by atoms with Crippen molar-refractivity contribution in [3.05, 3.63) is 66.4 Å². The number of hydrogen-bond acceptors (Lipinski definition) is 2. The Bertz CT molecular complexity index is 659. The summed E-state index contributed by atoms with van der Waals surface area (Å²) in [6.07, 6.45) is 1.77. The third-order valence-electron chi connectivity index (χ3n) is 2.92. The Hall–Kier alpha value is -1.87. The van der Waals surface area contributed by atoms with E-state index in [4.69, 9.17) is 4.42 Å². The van der Waals surface area contributed by atoms with Crippen molar-refractivity contribution in [3.8, 4) is 22.8 Å². The third-order valence-corrected chi connectivity index (χ3v) is 3.57. The lowest BCUT2D eigenvalue weighted by Gasteiger charge is -1.98. The fourth-order valence-electron chi connectivity index (χ4n) is 1.88. The van der Waals surface area contributed by atoms with Crippen LogP contribution in [0.1, 0.15) is 5.56 Å². The number of oxazole rings is 1. The predicted molar refractivity (Wildman–Crippen MR) is 80.0 cm³/mol. The molecule has 1 heterocycles. The van der Waals surface area contributed by atoms with Crippen LogP contribution in [0.3, 0.4) is 0 Å². The van der Waals surface area contributed by atoms with E-state index in [-0.39, 0.29) is 0 Å². The molecule has 19 heavy (non-hydrogen) atoms. The predicted octanol–water partition coefficient (Wildman–Crippen LogP) is 4.90. The molecule has 0 saturated heterocycles. The van der Waals surface area contributed by atoms with Gasteiger partial charge in [-0.3, -0.25) is 0 Å². The molecule has 0 bridgehead atoms. The summed E-state index contributed by atoms with van der Waals surface area (Å²) >= 11 is 3.44. The highest BCUT2D eigenvalue weighted by molar-refractivity contribution is 9.08. The molecule has 0 spiro atoms. The zero-order valence-corrected chi connectivity index (χ0v) is 11.8. The molecule has 0 amide bonds. The average Bonchev–Trinajstić information content (AvgIpc) is 2.98. The van der Waals surface area contributed by atoms with Crippen molar-refractivity contribution in [1.29, 1.82) is 0 Å². The van der Waals surface area contributed by atoms with Crippen LogP contribution in [-0.4, -0.2) is 4.98 Å². The van der Waals surface area contributed by atoms with E-state index in [1.54, 1.807) is 6.20 Å². The van der Waals surface area contributed by atoms with Crippen molar-refractivity contribution in [1.82, 2.24) is 4.98 Å². The van der Waals surface area contributed by atoms with E-state index < -0.39 is 0 Å². The normalized spacial score (nSPS) is 10.6. The second-order valence-electron chi connectivity index (χ2n) is 4.23. The van der Waals surface area contributed by atoms with Gasteiger partial charge in [0, 0.05) is 16.5 Å². The zero-order chi connectivity index (χ0) is 13.1. The molecule has 0 aliphatic rings. The minimum atomic E-state index is 0.653. The van der Waals surface area contributed by atoms with Crippen LogP contribution in [0.2, 0.25) is 0 Å². The first-order valence-electron chi connectivity index (χ1n) is 6.03. The molecular weight excluding hydrogens is 302 g/mol. The van der Waals surface area contributed by atoms with Gasteiger partial charge in [-0.1, -0.05) is 58.4 Å². The SMILES string of the molecule is BrCc1ccc(-c2cnc(-c3ccccc3)o2)cc1. The summed E-state index contributed by atoms with van der Waals surface area (Å²) in [7, 11) is 0. The first kappa shape index (κ1) is 12.2. The van der Waals surface area contributed by atoms with Gasteiger partial charge in [-0.15, -0.1) is 0 Å². The molecule has 1 aromatic heterocycles. The standard InChI is InChI=1S/C16H12BrNO/c17-10-12-6-8-13(9-7-12)15-11-18-16(19-15)14-4-2-1-3-5-14/h1-9,11H,10H2. The number of alkyl halides is 1. The van der Waals surface area contributed by atoms with Gasteiger partial charge in [0.25, 0.3) is 0 Å². The molecule has 0 aliphatic carbocycles. The van der Waals surface area contributed by atoms with Gasteiger partial charge in [0.05, 0.1) is 6.20 Å². The van der Waals surface area contributed by atoms with Gasteiger partial charge in [-0.2, -0.15) is 0 Å². The zero-order valence-electron chi connectivity index (χ0n) is 10.2. The summed E-state index contributed by atoms with van der Waals surface area (Å²) < 4.78 is 5.81. The van der Waals surface area contributed by atoms with Crippen molar-refractivity contribution in [2.24, 2.45) is 0 Å². The van der Waals surface area contributed by atoms with Gasteiger partial charge in [-0.05, 0) is 17.7 Å². The van der Waals surface area contributed by atoms with E-state index in [0.717, 1.165) is 22.2 Å². The second kappa shape index (κ2) is 5.41. The quantitative estimate of drug-likeness (QED) is 0.642. The maximum atomic E-state index is 5.81. The van der Waals surface area contributed by atoms with Crippen LogP contribution in [0.15, 0.2) is 65.2 Å². The van der Waals surface area contributed by atoms with E-state index in [9.17, 15) is 0 Å². The lowest BCUT2D eigenvalue weighted by molar-refractivity contribution is 0.589. The fourth-order valence-corrected chi connectivity index (χ4v) is 2.25. The van der Waals surface area contributed by atoms with Gasteiger partial charge in [0.1, 0.15) is 0 Å². The first-order valence-corrected chi connectivity index (χ1v) is 7.15. The number of nitrogens with zero attached hydrogens (tertiary/aromatic N) is 1. The van der Waals surface area contributed by atoms with Crippen LogP contribution in [0, 0.1) is 0 Å². The minimum absolute atomic E-state index is 0.653. The van der Waals surface area contributed by atoms with E-state index in [0.29, 0.717) is 5.89 Å². The van der Waals surface area contributed by atoms with Crippen LogP contribution in [0.4, 0.5) is 0 Å². The van der Waals surface area contributed by atoms with Crippen molar-refractivity contribution >= 4 is 15.9 Å². The Morgan fingerprint density at radius 2 is 1.63 bits per heavy atom. The smallest absolute Gasteiger partial charge is 0.226 e. The number of rotatable bonds is 3. The summed E-state index contributed by atoms with van der Waals surface area (Å²) in [6, 6.07) is 18.2. The summed E-state index contributed by atoms with van der Waals surface area (Å²) in [4.78, 5) is 4.33. The topological polar surface area (TPSA) is 26.0 Å². The van der Waals surface area contributed by atoms with E-state index in [1.165, 1.54) is 5.56 Å². The van der Waals surface area contributed by atoms with Crippen molar-refractivity contribution in [3.63, 3.8) is 0 Å². The summed E-state index contributed by atoms with van der Waals surface area (Å²) in [5, 5.41) is 0.860. The molecule has 2 nitrogen and oxygen atoms in total. The van der Waals surface area contributed by atoms with Crippen LogP contribution in [0.5, 0.6) is 0 Å². The Balaban J connectivity index is 1.92. The maximum absolute atomic E-state index is 5.81. The molecule has 0 aliphatic heterocycles. The Morgan fingerprint density at radius 1 is 0.895 bits per heavy atom. The van der Waals surface area contributed by atoms with Gasteiger partial charge in [0.15, 0.2) is 5.76 Å². The van der Waals surface area contributed by atoms with Gasteiger partial charge >= 0.3 is 0 Å². The molecule has 0 fully saturated rings. The molecule has 0 saturated carbocycles. The molecule has 3 aromatic rings. The first-order chi connectivity index (χ1) is 9.36. The molecule has 0 atom stereocenters. The van der Waals surface area contributed by atoms with Gasteiger partial charge < -0.3 is 4.42 Å². The Morgan fingerprint density at radius 3 is 2.32 bits per heavy atom.